The molecule has 0 bridgehead atoms. The van der Waals surface area contributed by atoms with Crippen molar-refractivity contribution in [2.75, 3.05) is 13.7 Å². The smallest absolute Gasteiger partial charge is 0.312 e. The zero-order chi connectivity index (χ0) is 26.3. The Morgan fingerprint density at radius 3 is 2.42 bits per heavy atom. The summed E-state index contributed by atoms with van der Waals surface area (Å²) in [6, 6.07) is 0. The van der Waals surface area contributed by atoms with Crippen LogP contribution in [0.2, 0.25) is 0 Å². The van der Waals surface area contributed by atoms with Crippen LogP contribution in [-0.4, -0.2) is 35.7 Å². The molecule has 5 aliphatic rings. The van der Waals surface area contributed by atoms with Crippen LogP contribution in [0, 0.1) is 56.7 Å². The number of hydrogen-bond acceptors (Lipinski definition) is 5. The summed E-state index contributed by atoms with van der Waals surface area (Å²) in [6.07, 6.45) is 11.5. The molecule has 5 heteroatoms. The van der Waals surface area contributed by atoms with E-state index in [2.05, 4.69) is 52.8 Å². The highest BCUT2D eigenvalue weighted by Gasteiger charge is 2.69. The number of rotatable bonds is 2. The zero-order valence-corrected chi connectivity index (χ0v) is 23.7. The molecule has 36 heavy (non-hydrogen) atoms. The van der Waals surface area contributed by atoms with Gasteiger partial charge < -0.3 is 15.1 Å². The van der Waals surface area contributed by atoms with Gasteiger partial charge in [-0.2, -0.15) is 0 Å². The second-order valence-electron chi connectivity index (χ2n) is 14.4. The third-order valence-electron chi connectivity index (χ3n) is 13.6. The first kappa shape index (κ1) is 26.3. The fourth-order valence-electron chi connectivity index (χ4n) is 11.0. The predicted octanol–water partition coefficient (Wildman–Crippen LogP) is 6.62. The lowest BCUT2D eigenvalue weighted by Gasteiger charge is -2.71. The Morgan fingerprint density at radius 1 is 1.06 bits per heavy atom. The maximum Gasteiger partial charge on any atom is 0.312 e. The zero-order valence-electron chi connectivity index (χ0n) is 23.7. The van der Waals surface area contributed by atoms with E-state index in [4.69, 9.17) is 4.74 Å². The molecule has 202 valence electrons. The van der Waals surface area contributed by atoms with E-state index < -0.39 is 5.41 Å². The standard InChI is InChI=1S/C31H49NO4/c1-19-10-15-31(26(34)36-7)17-16-29(5)21(25(31)20(19)2)8-9-23-27(3)13-12-24(32-35)28(4,18-33)22(27)11-14-30(23,29)6/h8,19-20,22-23,25,33,35H,9-18H2,1-7H3/b32-24+/t19-,20+,22-,23-,25+,27+,28+,29-,30-,31+/m1/s1. The summed E-state index contributed by atoms with van der Waals surface area (Å²) in [4.78, 5) is 13.4. The summed E-state index contributed by atoms with van der Waals surface area (Å²) in [7, 11) is 1.57. The summed E-state index contributed by atoms with van der Waals surface area (Å²) < 4.78 is 5.50. The topological polar surface area (TPSA) is 79.1 Å². The quantitative estimate of drug-likeness (QED) is 0.194. The summed E-state index contributed by atoms with van der Waals surface area (Å²) in [5.74, 6) is 2.15. The Labute approximate surface area is 218 Å². The molecule has 4 fully saturated rings. The third kappa shape index (κ3) is 2.98. The number of fused-ring (bicyclic) bond motifs is 7. The van der Waals surface area contributed by atoms with Crippen LogP contribution >= 0.6 is 0 Å². The van der Waals surface area contributed by atoms with Gasteiger partial charge >= 0.3 is 5.97 Å². The molecule has 0 aliphatic heterocycles. The van der Waals surface area contributed by atoms with Crippen molar-refractivity contribution in [1.82, 2.24) is 0 Å². The number of hydrogen-bond donors (Lipinski definition) is 2. The number of ether oxygens (including phenoxy) is 1. The second-order valence-corrected chi connectivity index (χ2v) is 14.4. The van der Waals surface area contributed by atoms with E-state index >= 15 is 0 Å². The number of aliphatic hydroxyl groups excluding tert-OH is 1. The van der Waals surface area contributed by atoms with Crippen LogP contribution < -0.4 is 0 Å². The van der Waals surface area contributed by atoms with Crippen LogP contribution in [0.3, 0.4) is 0 Å². The van der Waals surface area contributed by atoms with Gasteiger partial charge in [0.1, 0.15) is 0 Å². The molecule has 5 aliphatic carbocycles. The third-order valence-corrected chi connectivity index (χ3v) is 13.6. The summed E-state index contributed by atoms with van der Waals surface area (Å²) in [5.41, 5.74) is 1.76. The van der Waals surface area contributed by atoms with Crippen LogP contribution in [0.4, 0.5) is 0 Å². The summed E-state index contributed by atoms with van der Waals surface area (Å²) >= 11 is 0. The first-order valence-corrected chi connectivity index (χ1v) is 14.5. The highest BCUT2D eigenvalue weighted by atomic mass is 16.5. The Balaban J connectivity index is 1.61. The van der Waals surface area contributed by atoms with Gasteiger partial charge in [-0.05, 0) is 104 Å². The van der Waals surface area contributed by atoms with Gasteiger partial charge in [0.05, 0.1) is 24.8 Å². The number of carbonyl (C=O) groups excluding carboxylic acids is 1. The average Bonchev–Trinajstić information content (AvgIpc) is 2.86. The number of nitrogens with zero attached hydrogens (tertiary/aromatic N) is 1. The monoisotopic (exact) mass is 499 g/mol. The van der Waals surface area contributed by atoms with Crippen molar-refractivity contribution in [2.45, 2.75) is 99.3 Å². The lowest BCUT2D eigenvalue weighted by molar-refractivity contribution is -0.185. The fraction of sp³-hybridized carbons (Fsp3) is 0.871. The van der Waals surface area contributed by atoms with Crippen LogP contribution in [0.5, 0.6) is 0 Å². The van der Waals surface area contributed by atoms with E-state index in [-0.39, 0.29) is 40.2 Å². The largest absolute Gasteiger partial charge is 0.469 e. The first-order valence-electron chi connectivity index (χ1n) is 14.5. The van der Waals surface area contributed by atoms with Gasteiger partial charge in [0.25, 0.3) is 0 Å². The Morgan fingerprint density at radius 2 is 1.78 bits per heavy atom. The molecule has 5 rings (SSSR count). The van der Waals surface area contributed by atoms with Gasteiger partial charge in [0, 0.05) is 5.41 Å². The van der Waals surface area contributed by atoms with Gasteiger partial charge in [0.2, 0.25) is 0 Å². The van der Waals surface area contributed by atoms with Gasteiger partial charge in [-0.15, -0.1) is 0 Å². The van der Waals surface area contributed by atoms with Crippen LogP contribution in [0.25, 0.3) is 0 Å². The number of oxime groups is 1. The number of esters is 1. The van der Waals surface area contributed by atoms with E-state index in [0.29, 0.717) is 23.7 Å². The molecule has 5 nitrogen and oxygen atoms in total. The molecule has 2 N–H and O–H groups in total. The Kier molecular flexibility index (Phi) is 6.07. The fourth-order valence-corrected chi connectivity index (χ4v) is 11.0. The van der Waals surface area contributed by atoms with Crippen molar-refractivity contribution < 1.29 is 19.8 Å². The molecular formula is C31H49NO4. The number of methoxy groups -OCH3 is 1. The molecule has 0 aromatic heterocycles. The number of allylic oxidation sites excluding steroid dienone is 2. The molecule has 0 heterocycles. The van der Waals surface area contributed by atoms with Crippen LogP contribution in [0.15, 0.2) is 16.8 Å². The van der Waals surface area contributed by atoms with E-state index in [1.165, 1.54) is 0 Å². The molecule has 0 radical (unpaired) electrons. The highest BCUT2D eigenvalue weighted by Crippen LogP contribution is 2.75. The normalized spacial score (nSPS) is 53.4. The van der Waals surface area contributed by atoms with Gasteiger partial charge in [0.15, 0.2) is 0 Å². The molecule has 0 amide bonds. The minimum atomic E-state index is -0.464. The van der Waals surface area contributed by atoms with E-state index in [9.17, 15) is 15.1 Å². The van der Waals surface area contributed by atoms with Crippen molar-refractivity contribution in [1.29, 1.82) is 0 Å². The molecular weight excluding hydrogens is 450 g/mol. The van der Waals surface area contributed by atoms with Gasteiger partial charge in [-0.3, -0.25) is 4.79 Å². The molecule has 10 atom stereocenters. The number of aliphatic hydroxyl groups is 1. The lowest BCUT2D eigenvalue weighted by atomic mass is 9.33. The van der Waals surface area contributed by atoms with Crippen molar-refractivity contribution in [2.24, 2.45) is 61.8 Å². The van der Waals surface area contributed by atoms with Crippen molar-refractivity contribution >= 4 is 11.7 Å². The minimum absolute atomic E-state index is 0.0129. The summed E-state index contributed by atoms with van der Waals surface area (Å²) in [5, 5.41) is 24.0. The predicted molar refractivity (Wildman–Crippen MR) is 142 cm³/mol. The molecule has 4 saturated carbocycles. The highest BCUT2D eigenvalue weighted by molar-refractivity contribution is 5.91. The van der Waals surface area contributed by atoms with Crippen LogP contribution in [-0.2, 0) is 9.53 Å². The first-order chi connectivity index (χ1) is 16.9. The van der Waals surface area contributed by atoms with Gasteiger partial charge in [-0.25, -0.2) is 0 Å². The molecule has 0 aromatic carbocycles. The van der Waals surface area contributed by atoms with Crippen molar-refractivity contribution in [3.05, 3.63) is 11.6 Å². The molecule has 0 saturated heterocycles. The van der Waals surface area contributed by atoms with Crippen molar-refractivity contribution in [3.63, 3.8) is 0 Å². The van der Waals surface area contributed by atoms with Gasteiger partial charge in [-0.1, -0.05) is 58.3 Å². The molecule has 0 aromatic rings. The van der Waals surface area contributed by atoms with E-state index in [0.717, 1.165) is 63.5 Å². The van der Waals surface area contributed by atoms with E-state index in [1.807, 2.05) is 0 Å². The SMILES string of the molecule is COC(=O)[C@]12CC[C@@H](C)[C@H](C)[C@H]1C1=CC[C@@H]3[C@@]4(C)CC/C(=N\O)[C@@](C)(CO)[C@@H]4CC[C@@]3(C)[C@]1(C)CC2. The summed E-state index contributed by atoms with van der Waals surface area (Å²) in [6.45, 7) is 14.5. The Bertz CT molecular complexity index is 989. The van der Waals surface area contributed by atoms with Crippen LogP contribution in [0.1, 0.15) is 99.3 Å². The molecule has 0 spiro atoms. The van der Waals surface area contributed by atoms with Crippen molar-refractivity contribution in [3.8, 4) is 0 Å². The van der Waals surface area contributed by atoms with E-state index in [1.54, 1.807) is 12.7 Å². The maximum atomic E-state index is 13.4. The molecule has 0 unspecified atom stereocenters. The second kappa shape index (κ2) is 8.32. The maximum absolute atomic E-state index is 13.4. The average molecular weight is 500 g/mol. The minimum Gasteiger partial charge on any atom is -0.469 e. The Hall–Kier alpha value is -1.36. The lowest BCUT2D eigenvalue weighted by Crippen LogP contribution is -2.65. The number of carbonyl (C=O) groups is 1.